The van der Waals surface area contributed by atoms with E-state index in [-0.39, 0.29) is 17.9 Å². The van der Waals surface area contributed by atoms with Gasteiger partial charge in [0.05, 0.1) is 10.5 Å². The minimum absolute atomic E-state index is 0.0307. The molecule has 0 amide bonds. The van der Waals surface area contributed by atoms with E-state index in [2.05, 4.69) is 5.32 Å². The van der Waals surface area contributed by atoms with E-state index in [0.29, 0.717) is 24.1 Å². The molecule has 0 heterocycles. The fraction of sp³-hybridized carbons (Fsp3) is 0.500. The van der Waals surface area contributed by atoms with Gasteiger partial charge in [0.25, 0.3) is 5.69 Å². The van der Waals surface area contributed by atoms with Gasteiger partial charge in [-0.15, -0.1) is 0 Å². The highest BCUT2D eigenvalue weighted by Crippen LogP contribution is 2.31. The first-order valence-electron chi connectivity index (χ1n) is 6.65. The first-order chi connectivity index (χ1) is 9.74. The molecular weight excluding hydrogens is 276 g/mol. The number of carboxylic acid groups (broad SMARTS) is 1. The molecule has 7 nitrogen and oxygen atoms in total. The van der Waals surface area contributed by atoms with Crippen LogP contribution in [0.1, 0.15) is 42.6 Å². The van der Waals surface area contributed by atoms with Crippen molar-refractivity contribution in [3.63, 3.8) is 0 Å². The molecule has 1 rings (SSSR count). The number of anilines is 1. The van der Waals surface area contributed by atoms with Crippen LogP contribution < -0.4 is 5.32 Å². The maximum Gasteiger partial charge on any atom is 0.336 e. The van der Waals surface area contributed by atoms with Gasteiger partial charge in [0.15, 0.2) is 0 Å². The summed E-state index contributed by atoms with van der Waals surface area (Å²) in [5.74, 6) is -1.22. The number of rotatable bonds is 7. The maximum absolute atomic E-state index is 11.1. The van der Waals surface area contributed by atoms with Crippen LogP contribution in [0.5, 0.6) is 0 Å². The maximum atomic E-state index is 11.1. The van der Waals surface area contributed by atoms with Gasteiger partial charge in [-0.2, -0.15) is 0 Å². The number of carboxylic acids is 1. The summed E-state index contributed by atoms with van der Waals surface area (Å²) in [5.41, 5.74) is -0.0658. The number of nitro benzene ring substituents is 1. The van der Waals surface area contributed by atoms with Gasteiger partial charge in [0.2, 0.25) is 0 Å². The Bertz CT molecular complexity index is 559. The minimum Gasteiger partial charge on any atom is -0.478 e. The van der Waals surface area contributed by atoms with E-state index in [0.717, 1.165) is 6.07 Å². The lowest BCUT2D eigenvalue weighted by atomic mass is 9.93. The highest BCUT2D eigenvalue weighted by Gasteiger charge is 2.25. The Labute approximate surface area is 122 Å². The van der Waals surface area contributed by atoms with E-state index < -0.39 is 16.4 Å². The molecule has 116 valence electrons. The van der Waals surface area contributed by atoms with E-state index in [1.807, 2.05) is 13.8 Å². The third-order valence-electron chi connectivity index (χ3n) is 3.70. The van der Waals surface area contributed by atoms with Crippen LogP contribution in [0.4, 0.5) is 11.4 Å². The standard InChI is InChI=1S/C14H20N2O5/c1-4-14(3,5-6-17)15-11-7-10(13(18)19)8-12(9(11)2)16(20)21/h7-8,15,17H,4-6H2,1-3H3,(H,18,19). The highest BCUT2D eigenvalue weighted by molar-refractivity contribution is 5.90. The molecule has 0 saturated carbocycles. The average Bonchev–Trinajstić information content (AvgIpc) is 2.40. The normalized spacial score (nSPS) is 13.5. The van der Waals surface area contributed by atoms with Crippen molar-refractivity contribution in [2.75, 3.05) is 11.9 Å². The van der Waals surface area contributed by atoms with Crippen LogP contribution in [0.2, 0.25) is 0 Å². The van der Waals surface area contributed by atoms with Gasteiger partial charge < -0.3 is 15.5 Å². The molecule has 0 aromatic heterocycles. The lowest BCUT2D eigenvalue weighted by Crippen LogP contribution is -2.35. The summed E-state index contributed by atoms with van der Waals surface area (Å²) in [6.07, 6.45) is 1.13. The second-order valence-corrected chi connectivity index (χ2v) is 5.24. The number of nitrogens with zero attached hydrogens (tertiary/aromatic N) is 1. The van der Waals surface area contributed by atoms with Crippen LogP contribution in [0.15, 0.2) is 12.1 Å². The van der Waals surface area contributed by atoms with Crippen LogP contribution in [0.25, 0.3) is 0 Å². The zero-order chi connectivity index (χ0) is 16.2. The van der Waals surface area contributed by atoms with E-state index in [4.69, 9.17) is 10.2 Å². The third-order valence-corrected chi connectivity index (χ3v) is 3.70. The molecule has 0 saturated heterocycles. The van der Waals surface area contributed by atoms with Crippen molar-refractivity contribution in [1.82, 2.24) is 0 Å². The van der Waals surface area contributed by atoms with Crippen molar-refractivity contribution in [2.45, 2.75) is 39.2 Å². The van der Waals surface area contributed by atoms with Crippen molar-refractivity contribution in [2.24, 2.45) is 0 Å². The van der Waals surface area contributed by atoms with E-state index in [1.165, 1.54) is 6.07 Å². The molecule has 0 aliphatic rings. The molecule has 1 aromatic carbocycles. The van der Waals surface area contributed by atoms with Gasteiger partial charge >= 0.3 is 5.97 Å². The molecule has 1 atom stereocenters. The molecule has 0 fully saturated rings. The minimum atomic E-state index is -1.22. The molecule has 0 spiro atoms. The van der Waals surface area contributed by atoms with Crippen molar-refractivity contribution in [1.29, 1.82) is 0 Å². The van der Waals surface area contributed by atoms with Crippen LogP contribution >= 0.6 is 0 Å². The third kappa shape index (κ3) is 3.91. The first-order valence-corrected chi connectivity index (χ1v) is 6.65. The number of carbonyl (C=O) groups is 1. The van der Waals surface area contributed by atoms with Gasteiger partial charge in [-0.25, -0.2) is 4.79 Å². The molecule has 1 aromatic rings. The molecule has 21 heavy (non-hydrogen) atoms. The SMILES string of the molecule is CCC(C)(CCO)Nc1cc(C(=O)O)cc([N+](=O)[O-])c1C. The number of aromatic carboxylic acids is 1. The predicted octanol–water partition coefficient (Wildman–Crippen LogP) is 2.56. The largest absolute Gasteiger partial charge is 0.478 e. The Morgan fingerprint density at radius 1 is 1.48 bits per heavy atom. The van der Waals surface area contributed by atoms with Crippen LogP contribution in [0, 0.1) is 17.0 Å². The zero-order valence-corrected chi connectivity index (χ0v) is 12.3. The first kappa shape index (κ1) is 16.9. The Balaban J connectivity index is 3.34. The average molecular weight is 296 g/mol. The second kappa shape index (κ2) is 6.53. The number of nitrogens with one attached hydrogen (secondary N) is 1. The number of hydrogen-bond donors (Lipinski definition) is 3. The van der Waals surface area contributed by atoms with Gasteiger partial charge in [0.1, 0.15) is 0 Å². The van der Waals surface area contributed by atoms with E-state index in [1.54, 1.807) is 6.92 Å². The summed E-state index contributed by atoms with van der Waals surface area (Å²) >= 11 is 0. The molecular formula is C14H20N2O5. The molecule has 0 aliphatic carbocycles. The molecule has 7 heteroatoms. The molecule has 0 bridgehead atoms. The quantitative estimate of drug-likeness (QED) is 0.526. The Morgan fingerprint density at radius 2 is 2.10 bits per heavy atom. The van der Waals surface area contributed by atoms with Gasteiger partial charge in [-0.3, -0.25) is 10.1 Å². The number of hydrogen-bond acceptors (Lipinski definition) is 5. The summed E-state index contributed by atoms with van der Waals surface area (Å²) in [4.78, 5) is 21.6. The van der Waals surface area contributed by atoms with Crippen molar-refractivity contribution in [3.05, 3.63) is 33.4 Å². The lowest BCUT2D eigenvalue weighted by molar-refractivity contribution is -0.385. The van der Waals surface area contributed by atoms with Crippen LogP contribution in [-0.2, 0) is 0 Å². The fourth-order valence-electron chi connectivity index (χ4n) is 2.04. The Hall–Kier alpha value is -2.15. The zero-order valence-electron chi connectivity index (χ0n) is 12.3. The number of benzene rings is 1. The number of aliphatic hydroxyl groups excluding tert-OH is 1. The second-order valence-electron chi connectivity index (χ2n) is 5.24. The van der Waals surface area contributed by atoms with Crippen LogP contribution in [0.3, 0.4) is 0 Å². The molecule has 1 unspecified atom stereocenters. The highest BCUT2D eigenvalue weighted by atomic mass is 16.6. The van der Waals surface area contributed by atoms with Gasteiger partial charge in [0, 0.05) is 29.5 Å². The summed E-state index contributed by atoms with van der Waals surface area (Å²) in [7, 11) is 0. The number of nitro groups is 1. The number of aliphatic hydroxyl groups is 1. The van der Waals surface area contributed by atoms with Gasteiger partial charge in [-0.1, -0.05) is 6.92 Å². The smallest absolute Gasteiger partial charge is 0.336 e. The van der Waals surface area contributed by atoms with E-state index >= 15 is 0 Å². The summed E-state index contributed by atoms with van der Waals surface area (Å²) in [5, 5.41) is 32.4. The van der Waals surface area contributed by atoms with Crippen molar-refractivity contribution in [3.8, 4) is 0 Å². The summed E-state index contributed by atoms with van der Waals surface area (Å²) in [6, 6.07) is 2.44. The molecule has 0 aliphatic heterocycles. The fourth-order valence-corrected chi connectivity index (χ4v) is 2.04. The summed E-state index contributed by atoms with van der Waals surface area (Å²) in [6.45, 7) is 5.34. The Kier molecular flexibility index (Phi) is 5.26. The van der Waals surface area contributed by atoms with E-state index in [9.17, 15) is 14.9 Å². The lowest BCUT2D eigenvalue weighted by Gasteiger charge is -2.31. The van der Waals surface area contributed by atoms with Gasteiger partial charge in [-0.05, 0) is 32.8 Å². The molecule has 3 N–H and O–H groups in total. The summed E-state index contributed by atoms with van der Waals surface area (Å²) < 4.78 is 0. The van der Waals surface area contributed by atoms with Crippen molar-refractivity contribution < 1.29 is 19.9 Å². The monoisotopic (exact) mass is 296 g/mol. The topological polar surface area (TPSA) is 113 Å². The Morgan fingerprint density at radius 3 is 2.52 bits per heavy atom. The van der Waals surface area contributed by atoms with Crippen LogP contribution in [-0.4, -0.2) is 33.3 Å². The molecule has 0 radical (unpaired) electrons. The van der Waals surface area contributed by atoms with Crippen molar-refractivity contribution >= 4 is 17.3 Å². The predicted molar refractivity (Wildman–Crippen MR) is 78.8 cm³/mol.